The Bertz CT molecular complexity index is 1120. The third-order valence-electron chi connectivity index (χ3n) is 9.05. The number of rotatable bonds is 9. The topological polar surface area (TPSA) is 35.5 Å². The van der Waals surface area contributed by atoms with Crippen LogP contribution in [-0.4, -0.2) is 29.8 Å². The van der Waals surface area contributed by atoms with Crippen molar-refractivity contribution in [3.05, 3.63) is 84.7 Å². The average Bonchev–Trinajstić information content (AvgIpc) is 3.56. The van der Waals surface area contributed by atoms with Crippen molar-refractivity contribution >= 4 is 16.7 Å². The van der Waals surface area contributed by atoms with Crippen molar-refractivity contribution in [2.75, 3.05) is 13.2 Å². The zero-order valence-corrected chi connectivity index (χ0v) is 22.2. The molecule has 6 atom stereocenters. The molecule has 0 radical (unpaired) electrons. The van der Waals surface area contributed by atoms with Gasteiger partial charge in [0, 0.05) is 6.42 Å². The van der Waals surface area contributed by atoms with Crippen LogP contribution in [0, 0.1) is 23.2 Å². The lowest BCUT2D eigenvalue weighted by molar-refractivity contribution is -0.138. The van der Waals surface area contributed by atoms with Crippen LogP contribution in [0.4, 0.5) is 0 Å². The maximum absolute atomic E-state index is 12.7. The van der Waals surface area contributed by atoms with Gasteiger partial charge in [0.25, 0.3) is 0 Å². The van der Waals surface area contributed by atoms with Crippen LogP contribution in [0.5, 0.6) is 0 Å². The van der Waals surface area contributed by atoms with E-state index in [-0.39, 0.29) is 35.5 Å². The van der Waals surface area contributed by atoms with Gasteiger partial charge in [0.15, 0.2) is 20.8 Å². The standard InChI is InChI=1S/C32H37O3S/c1-23-17-24-19-32(18-23)20-30(32)31(24,2)35-22-25(33)21-34-26-13-15-29(16-14-26)36(27-9-5-3-6-10-27)28-11-7-4-8-12-28/h3-15,23-24,29-30H,16-22H2,1-2H3/q+1. The molecule has 36 heavy (non-hydrogen) atoms. The lowest BCUT2D eigenvalue weighted by Crippen LogP contribution is -2.39. The largest absolute Gasteiger partial charge is 0.486 e. The summed E-state index contributed by atoms with van der Waals surface area (Å²) in [5, 5.41) is 0.371. The number of ether oxygens (including phenoxy) is 2. The van der Waals surface area contributed by atoms with E-state index in [1.54, 1.807) is 0 Å². The summed E-state index contributed by atoms with van der Waals surface area (Å²) in [5.74, 6) is 2.87. The minimum atomic E-state index is -0.123. The number of hydrogen-bond acceptors (Lipinski definition) is 3. The molecule has 0 N–H and O–H groups in total. The first kappa shape index (κ1) is 24.1. The molecule has 4 aliphatic rings. The monoisotopic (exact) mass is 501 g/mol. The second kappa shape index (κ2) is 9.54. The van der Waals surface area contributed by atoms with Gasteiger partial charge in [0.05, 0.1) is 16.5 Å². The Kier molecular flexibility index (Phi) is 6.37. The average molecular weight is 502 g/mol. The van der Waals surface area contributed by atoms with Gasteiger partial charge in [-0.25, -0.2) is 0 Å². The molecule has 1 spiro atoms. The third kappa shape index (κ3) is 4.48. The molecule has 4 heteroatoms. The van der Waals surface area contributed by atoms with Gasteiger partial charge in [-0.1, -0.05) is 43.3 Å². The molecular weight excluding hydrogens is 464 g/mol. The number of Topliss-reactive ketones (excluding diaryl/α,β-unsaturated/α-hetero) is 1. The maximum atomic E-state index is 12.7. The maximum Gasteiger partial charge on any atom is 0.195 e. The fourth-order valence-corrected chi connectivity index (χ4v) is 9.79. The van der Waals surface area contributed by atoms with E-state index >= 15 is 0 Å². The summed E-state index contributed by atoms with van der Waals surface area (Å²) in [7, 11) is -0.0535. The van der Waals surface area contributed by atoms with E-state index < -0.39 is 0 Å². The Labute approximate surface area is 218 Å². The van der Waals surface area contributed by atoms with Crippen LogP contribution in [0.1, 0.15) is 46.0 Å². The highest BCUT2D eigenvalue weighted by Crippen LogP contribution is 2.76. The minimum absolute atomic E-state index is 0.0326. The van der Waals surface area contributed by atoms with Gasteiger partial charge in [-0.05, 0) is 98.3 Å². The zero-order valence-electron chi connectivity index (χ0n) is 21.4. The number of benzene rings is 2. The highest BCUT2D eigenvalue weighted by atomic mass is 32.2. The highest BCUT2D eigenvalue weighted by Gasteiger charge is 2.72. The molecule has 6 rings (SSSR count). The third-order valence-corrected chi connectivity index (χ3v) is 11.6. The SMILES string of the molecule is CC1CC2CC3(C1)CC3C2(C)OCC(=O)COC1=CCC([S+](c2ccccc2)c2ccccc2)C=C1. The molecule has 4 aliphatic carbocycles. The number of carbonyl (C=O) groups is 1. The van der Waals surface area contributed by atoms with E-state index in [0.29, 0.717) is 22.5 Å². The van der Waals surface area contributed by atoms with E-state index in [0.717, 1.165) is 18.1 Å². The van der Waals surface area contributed by atoms with Gasteiger partial charge in [-0.2, -0.15) is 0 Å². The summed E-state index contributed by atoms with van der Waals surface area (Å²) in [4.78, 5) is 15.4. The summed E-state index contributed by atoms with van der Waals surface area (Å²) in [6, 6.07) is 21.5. The van der Waals surface area contributed by atoms with Crippen molar-refractivity contribution in [1.29, 1.82) is 0 Å². The van der Waals surface area contributed by atoms with Gasteiger partial charge in [0.1, 0.15) is 19.0 Å². The lowest BCUT2D eigenvalue weighted by atomic mass is 9.74. The van der Waals surface area contributed by atoms with Gasteiger partial charge in [-0.3, -0.25) is 4.79 Å². The van der Waals surface area contributed by atoms with E-state index in [4.69, 9.17) is 9.47 Å². The van der Waals surface area contributed by atoms with Crippen LogP contribution in [-0.2, 0) is 25.2 Å². The van der Waals surface area contributed by atoms with E-state index in [2.05, 4.69) is 86.7 Å². The van der Waals surface area contributed by atoms with Gasteiger partial charge >= 0.3 is 0 Å². The van der Waals surface area contributed by atoms with Crippen LogP contribution in [0.25, 0.3) is 0 Å². The highest BCUT2D eigenvalue weighted by molar-refractivity contribution is 7.97. The summed E-state index contributed by atoms with van der Waals surface area (Å²) in [5.41, 5.74) is 0.408. The molecule has 2 aromatic carbocycles. The van der Waals surface area contributed by atoms with Crippen molar-refractivity contribution in [2.24, 2.45) is 23.2 Å². The molecule has 188 valence electrons. The van der Waals surface area contributed by atoms with Gasteiger partial charge < -0.3 is 9.47 Å². The number of fused-ring (bicyclic) bond motifs is 1. The van der Waals surface area contributed by atoms with E-state index in [9.17, 15) is 4.79 Å². The van der Waals surface area contributed by atoms with E-state index in [1.807, 2.05) is 6.08 Å². The van der Waals surface area contributed by atoms with Crippen LogP contribution in [0.15, 0.2) is 94.4 Å². The molecule has 0 heterocycles. The fourth-order valence-electron chi connectivity index (χ4n) is 7.39. The van der Waals surface area contributed by atoms with Crippen LogP contribution >= 0.6 is 0 Å². The van der Waals surface area contributed by atoms with Crippen LogP contribution < -0.4 is 0 Å². The predicted molar refractivity (Wildman–Crippen MR) is 145 cm³/mol. The van der Waals surface area contributed by atoms with Crippen molar-refractivity contribution in [2.45, 2.75) is 66.6 Å². The molecule has 3 fully saturated rings. The van der Waals surface area contributed by atoms with Crippen molar-refractivity contribution < 1.29 is 14.3 Å². The van der Waals surface area contributed by atoms with Gasteiger partial charge in [0.2, 0.25) is 0 Å². The Morgan fingerprint density at radius 1 is 0.972 bits per heavy atom. The molecule has 0 aromatic heterocycles. The van der Waals surface area contributed by atoms with E-state index in [1.165, 1.54) is 35.5 Å². The predicted octanol–water partition coefficient (Wildman–Crippen LogP) is 6.75. The van der Waals surface area contributed by atoms with Crippen molar-refractivity contribution in [3.8, 4) is 0 Å². The zero-order chi connectivity index (χ0) is 24.8. The van der Waals surface area contributed by atoms with Crippen LogP contribution in [0.2, 0.25) is 0 Å². The molecule has 2 aromatic rings. The molecular formula is C32H37O3S+. The molecule has 2 bridgehead atoms. The first-order chi connectivity index (χ1) is 17.5. The summed E-state index contributed by atoms with van der Waals surface area (Å²) in [6.45, 7) is 4.90. The number of hydrogen-bond donors (Lipinski definition) is 0. The summed E-state index contributed by atoms with van der Waals surface area (Å²) < 4.78 is 12.3. The quantitative estimate of drug-likeness (QED) is 0.357. The molecule has 3 saturated carbocycles. The first-order valence-electron chi connectivity index (χ1n) is 13.5. The Morgan fingerprint density at radius 2 is 1.67 bits per heavy atom. The number of carbonyl (C=O) groups excluding carboxylic acids is 1. The first-order valence-corrected chi connectivity index (χ1v) is 14.8. The molecule has 0 amide bonds. The molecule has 6 unspecified atom stereocenters. The molecule has 0 aliphatic heterocycles. The normalized spacial score (nSPS) is 34.2. The van der Waals surface area contributed by atoms with Crippen LogP contribution in [0.3, 0.4) is 0 Å². The second-order valence-electron chi connectivity index (χ2n) is 11.6. The number of allylic oxidation sites excluding steroid dienone is 2. The Hall–Kier alpha value is -2.30. The Balaban J connectivity index is 1.03. The number of ketones is 1. The van der Waals surface area contributed by atoms with Crippen molar-refractivity contribution in [1.82, 2.24) is 0 Å². The lowest BCUT2D eigenvalue weighted by Gasteiger charge is -2.37. The second-order valence-corrected chi connectivity index (χ2v) is 13.8. The summed E-state index contributed by atoms with van der Waals surface area (Å²) >= 11 is 0. The smallest absolute Gasteiger partial charge is 0.195 e. The fraction of sp³-hybridized carbons (Fsp3) is 0.469. The Morgan fingerprint density at radius 3 is 2.31 bits per heavy atom. The molecule has 3 nitrogen and oxygen atoms in total. The minimum Gasteiger partial charge on any atom is -0.486 e. The van der Waals surface area contributed by atoms with Crippen molar-refractivity contribution in [3.63, 3.8) is 0 Å². The summed E-state index contributed by atoms with van der Waals surface area (Å²) in [6.07, 6.45) is 12.5. The molecule has 0 saturated heterocycles. The van der Waals surface area contributed by atoms with Gasteiger partial charge in [-0.15, -0.1) is 0 Å².